The molecule has 6 nitrogen and oxygen atoms in total. The third kappa shape index (κ3) is 4.54. The Morgan fingerprint density at radius 2 is 1.71 bits per heavy atom. The van der Waals surface area contributed by atoms with Gasteiger partial charge in [-0.15, -0.1) is 23.2 Å². The van der Waals surface area contributed by atoms with Crippen LogP contribution in [-0.2, 0) is 4.79 Å². The Bertz CT molecular complexity index is 433. The van der Waals surface area contributed by atoms with Gasteiger partial charge in [0.05, 0.1) is 23.0 Å². The maximum Gasteiger partial charge on any atom is 0.242 e. The van der Waals surface area contributed by atoms with Gasteiger partial charge < -0.3 is 26.6 Å². The van der Waals surface area contributed by atoms with Crippen LogP contribution in [0.2, 0.25) is 0 Å². The van der Waals surface area contributed by atoms with E-state index in [1.54, 1.807) is 4.90 Å². The van der Waals surface area contributed by atoms with Gasteiger partial charge in [-0.3, -0.25) is 4.79 Å². The van der Waals surface area contributed by atoms with Crippen molar-refractivity contribution in [3.05, 3.63) is 0 Å². The van der Waals surface area contributed by atoms with E-state index in [1.165, 1.54) is 6.92 Å². The molecule has 24 heavy (non-hydrogen) atoms. The Morgan fingerprint density at radius 3 is 2.25 bits per heavy atom. The number of carbonyl (C=O) groups is 1. The van der Waals surface area contributed by atoms with Gasteiger partial charge >= 0.3 is 0 Å². The Labute approximate surface area is 153 Å². The number of piperidine rings is 1. The third-order valence-corrected chi connectivity index (χ3v) is 6.64. The molecule has 1 saturated heterocycles. The highest BCUT2D eigenvalue weighted by molar-refractivity contribution is 6.30. The van der Waals surface area contributed by atoms with E-state index in [4.69, 9.17) is 34.7 Å². The summed E-state index contributed by atoms with van der Waals surface area (Å²) >= 11 is 12.4. The molecule has 0 aromatic rings. The Kier molecular flexibility index (Phi) is 7.17. The summed E-state index contributed by atoms with van der Waals surface area (Å²) in [4.78, 5) is 13.9. The van der Waals surface area contributed by atoms with Crippen LogP contribution in [0.5, 0.6) is 0 Å². The highest BCUT2D eigenvalue weighted by atomic mass is 35.5. The number of hydrogen-bond acceptors (Lipinski definition) is 5. The lowest BCUT2D eigenvalue weighted by molar-refractivity contribution is -0.136. The fraction of sp³-hybridized carbons (Fsp3) is 0.938. The first-order valence-electron chi connectivity index (χ1n) is 8.66. The van der Waals surface area contributed by atoms with Crippen molar-refractivity contribution in [2.24, 2.45) is 23.3 Å². The lowest BCUT2D eigenvalue weighted by Gasteiger charge is -2.42. The zero-order chi connectivity index (χ0) is 18.0. The van der Waals surface area contributed by atoms with Crippen LogP contribution in [0.15, 0.2) is 0 Å². The number of nitrogens with two attached hydrogens (primary N) is 2. The standard InChI is InChI=1S/C16H29Cl2N3O3/c1-8(22)14(19)16(24)21-4-2-9(3-5-21)15(20)10-6-11(17)12(18)7-13(10)23/h8-15,22-23H,2-7,19-20H2,1H3/t8-,10?,11?,12?,13?,14-,15+/m0/s1. The predicted molar refractivity (Wildman–Crippen MR) is 94.9 cm³/mol. The number of halogens is 2. The van der Waals surface area contributed by atoms with Crippen LogP contribution in [0.4, 0.5) is 0 Å². The zero-order valence-corrected chi connectivity index (χ0v) is 15.5. The van der Waals surface area contributed by atoms with Crippen molar-refractivity contribution < 1.29 is 15.0 Å². The molecule has 2 fully saturated rings. The molecule has 0 spiro atoms. The molecule has 1 amide bonds. The molecule has 7 atom stereocenters. The smallest absolute Gasteiger partial charge is 0.242 e. The predicted octanol–water partition coefficient (Wildman–Crippen LogP) is 0.246. The fourth-order valence-corrected chi connectivity index (χ4v) is 4.40. The minimum Gasteiger partial charge on any atom is -0.393 e. The number of hydrogen-bond donors (Lipinski definition) is 4. The second kappa shape index (κ2) is 8.52. The van der Waals surface area contributed by atoms with Crippen molar-refractivity contribution >= 4 is 29.1 Å². The molecule has 0 aromatic heterocycles. The van der Waals surface area contributed by atoms with Crippen molar-refractivity contribution in [2.75, 3.05) is 13.1 Å². The highest BCUT2D eigenvalue weighted by Crippen LogP contribution is 2.36. The van der Waals surface area contributed by atoms with Crippen LogP contribution in [0, 0.1) is 11.8 Å². The van der Waals surface area contributed by atoms with Gasteiger partial charge in [0.2, 0.25) is 5.91 Å². The number of rotatable bonds is 4. The van der Waals surface area contributed by atoms with Crippen LogP contribution in [-0.4, -0.2) is 69.2 Å². The molecule has 4 unspecified atom stereocenters. The molecule has 140 valence electrons. The first kappa shape index (κ1) is 20.2. The van der Waals surface area contributed by atoms with Crippen LogP contribution >= 0.6 is 23.2 Å². The molecule has 2 aliphatic rings. The Balaban J connectivity index is 1.88. The van der Waals surface area contributed by atoms with Crippen molar-refractivity contribution in [1.82, 2.24) is 4.90 Å². The molecule has 1 aliphatic heterocycles. The van der Waals surface area contributed by atoms with Gasteiger partial charge in [-0.05, 0) is 38.5 Å². The lowest BCUT2D eigenvalue weighted by atomic mass is 9.74. The van der Waals surface area contributed by atoms with Crippen molar-refractivity contribution in [3.63, 3.8) is 0 Å². The summed E-state index contributed by atoms with van der Waals surface area (Å²) < 4.78 is 0. The van der Waals surface area contributed by atoms with Crippen LogP contribution in [0.1, 0.15) is 32.6 Å². The lowest BCUT2D eigenvalue weighted by Crippen LogP contribution is -2.54. The molecule has 0 bridgehead atoms. The third-order valence-electron chi connectivity index (χ3n) is 5.55. The number of aliphatic hydroxyl groups excluding tert-OH is 2. The van der Waals surface area contributed by atoms with Gasteiger partial charge in [0.15, 0.2) is 0 Å². The maximum absolute atomic E-state index is 12.2. The van der Waals surface area contributed by atoms with Crippen molar-refractivity contribution in [1.29, 1.82) is 0 Å². The van der Waals surface area contributed by atoms with E-state index in [0.717, 1.165) is 12.8 Å². The van der Waals surface area contributed by atoms with E-state index in [0.29, 0.717) is 25.9 Å². The first-order chi connectivity index (χ1) is 11.2. The van der Waals surface area contributed by atoms with Crippen LogP contribution in [0.25, 0.3) is 0 Å². The molecule has 1 aliphatic carbocycles. The number of aliphatic hydroxyl groups is 2. The summed E-state index contributed by atoms with van der Waals surface area (Å²) in [7, 11) is 0. The highest BCUT2D eigenvalue weighted by Gasteiger charge is 2.41. The van der Waals surface area contributed by atoms with E-state index in [9.17, 15) is 15.0 Å². The molecule has 0 aromatic carbocycles. The van der Waals surface area contributed by atoms with E-state index < -0.39 is 18.2 Å². The van der Waals surface area contributed by atoms with Gasteiger partial charge in [-0.1, -0.05) is 0 Å². The average Bonchev–Trinajstić information content (AvgIpc) is 2.56. The minimum atomic E-state index is -0.881. The number of likely N-dealkylation sites (tertiary alicyclic amines) is 1. The molecule has 1 heterocycles. The number of nitrogens with zero attached hydrogens (tertiary/aromatic N) is 1. The summed E-state index contributed by atoms with van der Waals surface area (Å²) in [5, 5.41) is 19.4. The molecular weight excluding hydrogens is 353 g/mol. The Morgan fingerprint density at radius 1 is 1.17 bits per heavy atom. The molecule has 8 heteroatoms. The molecule has 1 saturated carbocycles. The fourth-order valence-electron chi connectivity index (χ4n) is 3.80. The molecule has 0 radical (unpaired) electrons. The first-order valence-corrected chi connectivity index (χ1v) is 9.53. The number of carbonyl (C=O) groups excluding carboxylic acids is 1. The summed E-state index contributed by atoms with van der Waals surface area (Å²) in [6.07, 6.45) is 1.22. The monoisotopic (exact) mass is 381 g/mol. The van der Waals surface area contributed by atoms with E-state index in [-0.39, 0.29) is 34.5 Å². The van der Waals surface area contributed by atoms with E-state index >= 15 is 0 Å². The second-order valence-corrected chi connectivity index (χ2v) is 8.36. The van der Waals surface area contributed by atoms with E-state index in [2.05, 4.69) is 0 Å². The van der Waals surface area contributed by atoms with Gasteiger partial charge in [0.1, 0.15) is 6.04 Å². The van der Waals surface area contributed by atoms with Crippen molar-refractivity contribution in [2.45, 2.75) is 67.7 Å². The van der Waals surface area contributed by atoms with Gasteiger partial charge in [-0.25, -0.2) is 0 Å². The average molecular weight is 382 g/mol. The van der Waals surface area contributed by atoms with Crippen molar-refractivity contribution in [3.8, 4) is 0 Å². The number of alkyl halides is 2. The zero-order valence-electron chi connectivity index (χ0n) is 14.0. The minimum absolute atomic E-state index is 0.0607. The second-order valence-electron chi connectivity index (χ2n) is 7.24. The van der Waals surface area contributed by atoms with E-state index in [1.807, 2.05) is 0 Å². The topological polar surface area (TPSA) is 113 Å². The molecule has 2 rings (SSSR count). The summed E-state index contributed by atoms with van der Waals surface area (Å²) in [6, 6.07) is -1.04. The van der Waals surface area contributed by atoms with Gasteiger partial charge in [0.25, 0.3) is 0 Å². The summed E-state index contributed by atoms with van der Waals surface area (Å²) in [5.74, 6) is -0.0535. The summed E-state index contributed by atoms with van der Waals surface area (Å²) in [5.41, 5.74) is 12.1. The van der Waals surface area contributed by atoms with Gasteiger partial charge in [-0.2, -0.15) is 0 Å². The quantitative estimate of drug-likeness (QED) is 0.521. The van der Waals surface area contributed by atoms with Crippen LogP contribution in [0.3, 0.4) is 0 Å². The molecule has 6 N–H and O–H groups in total. The number of amides is 1. The SMILES string of the molecule is C[C@H](O)[C@H](N)C(=O)N1CCC([C@@H](N)C2CC(Cl)C(Cl)CC2O)CC1. The largest absolute Gasteiger partial charge is 0.393 e. The maximum atomic E-state index is 12.2. The van der Waals surface area contributed by atoms with Crippen LogP contribution < -0.4 is 11.5 Å². The summed E-state index contributed by atoms with van der Waals surface area (Å²) in [6.45, 7) is 2.66. The molecular formula is C16H29Cl2N3O3. The Hall–Kier alpha value is -0.110. The van der Waals surface area contributed by atoms with Gasteiger partial charge in [0, 0.05) is 25.0 Å². The normalized spacial score (nSPS) is 36.2.